The zero-order valence-electron chi connectivity index (χ0n) is 11.1. The highest BCUT2D eigenvalue weighted by Crippen LogP contribution is 2.29. The van der Waals surface area contributed by atoms with Crippen LogP contribution in [0.25, 0.3) is 0 Å². The van der Waals surface area contributed by atoms with Crippen LogP contribution in [0.15, 0.2) is 15.0 Å². The van der Waals surface area contributed by atoms with E-state index in [0.29, 0.717) is 0 Å². The number of aliphatic imine (C=N–C) groups is 3. The summed E-state index contributed by atoms with van der Waals surface area (Å²) in [6.45, 7) is -0.636. The molecule has 3 aliphatic rings. The summed E-state index contributed by atoms with van der Waals surface area (Å²) in [5.41, 5.74) is -2.83. The molecule has 3 heterocycles. The molecule has 0 aliphatic carbocycles. The van der Waals surface area contributed by atoms with E-state index in [0.717, 1.165) is 6.34 Å². The van der Waals surface area contributed by atoms with Crippen molar-refractivity contribution < 1.29 is 35.1 Å². The van der Waals surface area contributed by atoms with E-state index in [1.165, 1.54) is 4.90 Å². The van der Waals surface area contributed by atoms with Crippen molar-refractivity contribution in [2.75, 3.05) is 13.3 Å². The van der Waals surface area contributed by atoms with E-state index in [1.54, 1.807) is 0 Å². The first kappa shape index (κ1) is 15.0. The van der Waals surface area contributed by atoms with Crippen molar-refractivity contribution in [2.24, 2.45) is 15.0 Å². The monoisotopic (exact) mass is 314 g/mol. The Bertz CT molecular complexity index is 591. The minimum atomic E-state index is -2.55. The number of amidine groups is 1. The average molecular weight is 314 g/mol. The molecular weight excluding hydrogens is 300 g/mol. The molecule has 0 aromatic carbocycles. The maximum Gasteiger partial charge on any atom is 0.366 e. The molecule has 0 amide bonds. The smallest absolute Gasteiger partial charge is 0.366 e. The predicted molar refractivity (Wildman–Crippen MR) is 70.4 cm³/mol. The van der Waals surface area contributed by atoms with Crippen molar-refractivity contribution in [3.63, 3.8) is 0 Å². The molecule has 0 radical (unpaired) electrons. The molecule has 11 heteroatoms. The van der Waals surface area contributed by atoms with Crippen LogP contribution in [-0.4, -0.2) is 97.8 Å². The molecule has 3 rings (SSSR count). The summed E-state index contributed by atoms with van der Waals surface area (Å²) in [4.78, 5) is 23.7. The Morgan fingerprint density at radius 1 is 1.45 bits per heavy atom. The molecule has 11 nitrogen and oxygen atoms in total. The summed E-state index contributed by atoms with van der Waals surface area (Å²) in [6, 6.07) is 0. The lowest BCUT2D eigenvalue weighted by atomic mass is 10.1. The van der Waals surface area contributed by atoms with Gasteiger partial charge in [-0.3, -0.25) is 4.99 Å². The normalized spacial score (nSPS) is 40.5. The number of ether oxygens (including phenoxy) is 1. The highest BCUT2D eigenvalue weighted by Gasteiger charge is 2.53. The van der Waals surface area contributed by atoms with Gasteiger partial charge in [0.25, 0.3) is 0 Å². The lowest BCUT2D eigenvalue weighted by molar-refractivity contribution is -0.150. The molecule has 1 fully saturated rings. The van der Waals surface area contributed by atoms with Crippen LogP contribution in [0.4, 0.5) is 0 Å². The van der Waals surface area contributed by atoms with Crippen LogP contribution in [0.1, 0.15) is 0 Å². The molecule has 5 N–H and O–H groups in total. The zero-order chi connectivity index (χ0) is 16.1. The number of carbonyl (C=O) groups is 1. The quantitative estimate of drug-likeness (QED) is 0.355. The van der Waals surface area contributed by atoms with Gasteiger partial charge in [-0.15, -0.1) is 0 Å². The van der Waals surface area contributed by atoms with E-state index in [4.69, 9.17) is 14.9 Å². The Balaban J connectivity index is 1.88. The summed E-state index contributed by atoms with van der Waals surface area (Å²) in [5, 5.41) is 48.0. The van der Waals surface area contributed by atoms with Crippen molar-refractivity contribution in [3.05, 3.63) is 0 Å². The third-order valence-corrected chi connectivity index (χ3v) is 3.74. The maximum absolute atomic E-state index is 11.2. The second kappa shape index (κ2) is 5.07. The summed E-state index contributed by atoms with van der Waals surface area (Å²) >= 11 is 0. The topological polar surface area (TPSA) is 168 Å². The molecule has 5 atom stereocenters. The second-order valence-electron chi connectivity index (χ2n) is 5.02. The molecule has 0 spiro atoms. The zero-order valence-corrected chi connectivity index (χ0v) is 11.1. The molecule has 3 aliphatic heterocycles. The first-order chi connectivity index (χ1) is 10.4. The Hall–Kier alpha value is -1.92. The van der Waals surface area contributed by atoms with Gasteiger partial charge in [-0.1, -0.05) is 0 Å². The number of rotatable bonds is 3. The van der Waals surface area contributed by atoms with E-state index < -0.39 is 42.8 Å². The molecule has 0 saturated carbocycles. The highest BCUT2D eigenvalue weighted by molar-refractivity contribution is 6.50. The summed E-state index contributed by atoms with van der Waals surface area (Å²) in [5.74, 6) is -1.63. The van der Waals surface area contributed by atoms with Crippen LogP contribution in [0.5, 0.6) is 0 Å². The first-order valence-electron chi connectivity index (χ1n) is 6.42. The van der Waals surface area contributed by atoms with E-state index in [1.807, 2.05) is 0 Å². The van der Waals surface area contributed by atoms with Crippen molar-refractivity contribution >= 4 is 23.9 Å². The van der Waals surface area contributed by atoms with Gasteiger partial charge in [0.05, 0.1) is 6.61 Å². The van der Waals surface area contributed by atoms with E-state index >= 15 is 0 Å². The Kier molecular flexibility index (Phi) is 3.45. The minimum Gasteiger partial charge on any atom is -0.477 e. The van der Waals surface area contributed by atoms with Crippen LogP contribution in [0, 0.1) is 0 Å². The Morgan fingerprint density at radius 3 is 2.77 bits per heavy atom. The van der Waals surface area contributed by atoms with E-state index in [2.05, 4.69) is 15.0 Å². The van der Waals surface area contributed by atoms with Gasteiger partial charge < -0.3 is 35.2 Å². The van der Waals surface area contributed by atoms with Gasteiger partial charge in [-0.25, -0.2) is 14.8 Å². The van der Waals surface area contributed by atoms with Crippen LogP contribution in [-0.2, 0) is 9.53 Å². The van der Waals surface area contributed by atoms with Gasteiger partial charge in [-0.2, -0.15) is 0 Å². The van der Waals surface area contributed by atoms with Gasteiger partial charge in [0, 0.05) is 0 Å². The van der Waals surface area contributed by atoms with Gasteiger partial charge in [0.2, 0.25) is 0 Å². The van der Waals surface area contributed by atoms with Gasteiger partial charge in [-0.05, 0) is 0 Å². The molecule has 22 heavy (non-hydrogen) atoms. The van der Waals surface area contributed by atoms with Crippen molar-refractivity contribution in [3.8, 4) is 0 Å². The van der Waals surface area contributed by atoms with Crippen LogP contribution in [0.3, 0.4) is 0 Å². The fourth-order valence-electron chi connectivity index (χ4n) is 2.55. The number of aliphatic carboxylic acids is 1. The molecule has 0 bridgehead atoms. The number of hydrogen-bond donors (Lipinski definition) is 5. The first-order valence-corrected chi connectivity index (χ1v) is 6.42. The van der Waals surface area contributed by atoms with Gasteiger partial charge >= 0.3 is 11.7 Å². The predicted octanol–water partition coefficient (Wildman–Crippen LogP) is -3.65. The number of nitrogens with zero attached hydrogens (tertiary/aromatic N) is 4. The summed E-state index contributed by atoms with van der Waals surface area (Å²) < 4.78 is 5.34. The molecule has 1 saturated heterocycles. The SMILES string of the molecule is O=C(O)C1(O)N=CN=C2C1=NCN2[C@@H]1O[C@H](CO)[C@@H](O)[C@H]1O. The molecular formula is C11H14N4O7. The highest BCUT2D eigenvalue weighted by atomic mass is 16.6. The number of carboxylic acids is 1. The second-order valence-corrected chi connectivity index (χ2v) is 5.02. The number of carboxylic acid groups (broad SMARTS) is 1. The molecule has 0 aromatic rings. The Labute approximate surface area is 123 Å². The molecule has 1 unspecified atom stereocenters. The van der Waals surface area contributed by atoms with Crippen LogP contribution < -0.4 is 0 Å². The van der Waals surface area contributed by atoms with Crippen LogP contribution >= 0.6 is 0 Å². The third-order valence-electron chi connectivity index (χ3n) is 3.74. The van der Waals surface area contributed by atoms with E-state index in [9.17, 15) is 20.1 Å². The lowest BCUT2D eigenvalue weighted by Gasteiger charge is -2.30. The number of hydrogen-bond acceptors (Lipinski definition) is 10. The van der Waals surface area contributed by atoms with Crippen LogP contribution in [0.2, 0.25) is 0 Å². The fourth-order valence-corrected chi connectivity index (χ4v) is 2.55. The molecule has 0 aromatic heterocycles. The lowest BCUT2D eigenvalue weighted by Crippen LogP contribution is -2.54. The molecule has 120 valence electrons. The maximum atomic E-state index is 11.2. The number of aliphatic hydroxyl groups is 4. The van der Waals surface area contributed by atoms with Crippen molar-refractivity contribution in [2.45, 2.75) is 30.3 Å². The Morgan fingerprint density at radius 2 is 2.18 bits per heavy atom. The average Bonchev–Trinajstić information content (AvgIpc) is 3.03. The van der Waals surface area contributed by atoms with Gasteiger partial charge in [0.1, 0.15) is 37.0 Å². The standard InChI is InChI=1S/C11H14N4O7/c16-1-4-5(17)6(18)9(22-4)15-3-13-7-8(15)12-2-14-11(7,21)10(19)20/h2,4-6,9,16-18,21H,1,3H2,(H,19,20)/t4-,5-,6-,9-,11?/m1/s1. The van der Waals surface area contributed by atoms with Gasteiger partial charge in [0.15, 0.2) is 12.1 Å². The van der Waals surface area contributed by atoms with Crippen molar-refractivity contribution in [1.29, 1.82) is 0 Å². The van der Waals surface area contributed by atoms with Crippen molar-refractivity contribution in [1.82, 2.24) is 4.90 Å². The van der Waals surface area contributed by atoms with E-state index in [-0.39, 0.29) is 18.2 Å². The number of aliphatic hydroxyl groups excluding tert-OH is 3. The minimum absolute atomic E-state index is 0.0188. The summed E-state index contributed by atoms with van der Waals surface area (Å²) in [7, 11) is 0. The number of fused-ring (bicyclic) bond motifs is 1. The summed E-state index contributed by atoms with van der Waals surface area (Å²) in [6.07, 6.45) is -3.86. The fraction of sp³-hybridized carbons (Fsp3) is 0.636. The third kappa shape index (κ3) is 1.94. The largest absolute Gasteiger partial charge is 0.477 e.